The molecule has 0 bridgehead atoms. The van der Waals surface area contributed by atoms with Crippen molar-refractivity contribution in [1.82, 2.24) is 14.1 Å². The van der Waals surface area contributed by atoms with Crippen LogP contribution in [0.1, 0.15) is 24.1 Å². The van der Waals surface area contributed by atoms with Gasteiger partial charge in [0.2, 0.25) is 10.0 Å². The fourth-order valence-electron chi connectivity index (χ4n) is 3.33. The number of hydrogen-bond donors (Lipinski definition) is 0. The molecule has 0 saturated carbocycles. The van der Waals surface area contributed by atoms with Gasteiger partial charge in [0.05, 0.1) is 5.69 Å². The van der Waals surface area contributed by atoms with Crippen LogP contribution in [-0.4, -0.2) is 35.6 Å². The average Bonchev–Trinajstić information content (AvgIpc) is 2.82. The van der Waals surface area contributed by atoms with E-state index in [1.54, 1.807) is 18.3 Å². The Bertz CT molecular complexity index is 810. The molecule has 1 aliphatic rings. The minimum atomic E-state index is -3.58. The molecule has 1 aliphatic heterocycles. The van der Waals surface area contributed by atoms with Crippen LogP contribution < -0.4 is 0 Å². The number of sulfonamides is 1. The van der Waals surface area contributed by atoms with Gasteiger partial charge in [0, 0.05) is 20.1 Å². The summed E-state index contributed by atoms with van der Waals surface area (Å²) in [5, 5.41) is 4.30. The molecule has 2 aromatic rings. The first-order chi connectivity index (χ1) is 11.4. The van der Waals surface area contributed by atoms with E-state index in [1.165, 1.54) is 10.2 Å². The fraction of sp³-hybridized carbons (Fsp3) is 0.471. The van der Waals surface area contributed by atoms with E-state index in [4.69, 9.17) is 11.6 Å². The van der Waals surface area contributed by atoms with Gasteiger partial charge in [-0.05, 0) is 37.7 Å². The summed E-state index contributed by atoms with van der Waals surface area (Å²) in [6, 6.07) is 10.4. The highest BCUT2D eigenvalue weighted by Crippen LogP contribution is 2.31. The quantitative estimate of drug-likeness (QED) is 0.834. The highest BCUT2D eigenvalue weighted by Gasteiger charge is 2.34. The topological polar surface area (TPSA) is 55.2 Å². The van der Waals surface area contributed by atoms with E-state index in [-0.39, 0.29) is 10.0 Å². The Balaban J connectivity index is 1.70. The predicted octanol–water partition coefficient (Wildman–Crippen LogP) is 3.03. The van der Waals surface area contributed by atoms with E-state index in [0.29, 0.717) is 24.7 Å². The lowest BCUT2D eigenvalue weighted by Gasteiger charge is -2.31. The summed E-state index contributed by atoms with van der Waals surface area (Å²) < 4.78 is 28.7. The number of piperidine rings is 1. The van der Waals surface area contributed by atoms with Crippen LogP contribution in [0.25, 0.3) is 0 Å². The van der Waals surface area contributed by atoms with Crippen molar-refractivity contribution in [2.24, 2.45) is 13.0 Å². The van der Waals surface area contributed by atoms with Crippen LogP contribution in [0.5, 0.6) is 0 Å². The van der Waals surface area contributed by atoms with Crippen LogP contribution in [0.3, 0.4) is 0 Å². The lowest BCUT2D eigenvalue weighted by molar-refractivity contribution is 0.273. The van der Waals surface area contributed by atoms with Crippen LogP contribution >= 0.6 is 11.6 Å². The van der Waals surface area contributed by atoms with Crippen molar-refractivity contribution in [3.8, 4) is 0 Å². The van der Waals surface area contributed by atoms with E-state index in [2.05, 4.69) is 17.2 Å². The van der Waals surface area contributed by atoms with Gasteiger partial charge in [0.15, 0.2) is 0 Å². The van der Waals surface area contributed by atoms with Crippen molar-refractivity contribution in [2.75, 3.05) is 13.1 Å². The third-order valence-corrected chi connectivity index (χ3v) is 7.23. The summed E-state index contributed by atoms with van der Waals surface area (Å²) in [6.07, 6.45) is 2.73. The van der Waals surface area contributed by atoms with Gasteiger partial charge in [0.25, 0.3) is 0 Å². The van der Waals surface area contributed by atoms with Crippen LogP contribution in [0.15, 0.2) is 35.2 Å². The molecule has 1 saturated heterocycles. The molecular formula is C17H22ClN3O2S. The van der Waals surface area contributed by atoms with Crippen molar-refractivity contribution in [3.05, 3.63) is 46.7 Å². The molecule has 0 N–H and O–H groups in total. The molecule has 0 spiro atoms. The van der Waals surface area contributed by atoms with E-state index in [9.17, 15) is 8.42 Å². The zero-order chi connectivity index (χ0) is 17.3. The SMILES string of the molecule is Cc1nn(C)c(Cl)c1S(=O)(=O)N1CCC(Cc2ccccc2)CC1. The predicted molar refractivity (Wildman–Crippen MR) is 94.6 cm³/mol. The first kappa shape index (κ1) is 17.5. The largest absolute Gasteiger partial charge is 0.255 e. The maximum atomic E-state index is 12.9. The first-order valence-corrected chi connectivity index (χ1v) is 9.94. The molecule has 1 fully saturated rings. The van der Waals surface area contributed by atoms with Gasteiger partial charge >= 0.3 is 0 Å². The van der Waals surface area contributed by atoms with Gasteiger partial charge in [-0.2, -0.15) is 9.40 Å². The Hall–Kier alpha value is -1.37. The van der Waals surface area contributed by atoms with Gasteiger partial charge in [0.1, 0.15) is 10.0 Å². The average molecular weight is 368 g/mol. The second-order valence-electron chi connectivity index (χ2n) is 6.37. The monoisotopic (exact) mass is 367 g/mol. The lowest BCUT2D eigenvalue weighted by atomic mass is 9.91. The Morgan fingerprint density at radius 3 is 2.38 bits per heavy atom. The fourth-order valence-corrected chi connectivity index (χ4v) is 5.51. The molecule has 0 atom stereocenters. The minimum absolute atomic E-state index is 0.146. The number of hydrogen-bond acceptors (Lipinski definition) is 3. The van der Waals surface area contributed by atoms with Gasteiger partial charge < -0.3 is 0 Å². The molecule has 0 radical (unpaired) electrons. The number of aryl methyl sites for hydroxylation is 2. The Labute approximate surface area is 148 Å². The summed E-state index contributed by atoms with van der Waals surface area (Å²) in [4.78, 5) is 0.146. The summed E-state index contributed by atoms with van der Waals surface area (Å²) in [7, 11) is -1.93. The molecule has 5 nitrogen and oxygen atoms in total. The Kier molecular flexibility index (Phi) is 4.99. The third kappa shape index (κ3) is 3.36. The number of aromatic nitrogens is 2. The number of rotatable bonds is 4. The molecule has 24 heavy (non-hydrogen) atoms. The summed E-state index contributed by atoms with van der Waals surface area (Å²) >= 11 is 6.15. The van der Waals surface area contributed by atoms with Crippen LogP contribution in [0, 0.1) is 12.8 Å². The molecule has 1 aromatic heterocycles. The highest BCUT2D eigenvalue weighted by atomic mass is 35.5. The Morgan fingerprint density at radius 2 is 1.83 bits per heavy atom. The van der Waals surface area contributed by atoms with Crippen molar-refractivity contribution in [1.29, 1.82) is 0 Å². The zero-order valence-electron chi connectivity index (χ0n) is 13.9. The number of halogens is 1. The van der Waals surface area contributed by atoms with Crippen molar-refractivity contribution >= 4 is 21.6 Å². The second-order valence-corrected chi connectivity index (χ2v) is 8.60. The highest BCUT2D eigenvalue weighted by molar-refractivity contribution is 7.89. The van der Waals surface area contributed by atoms with Gasteiger partial charge in [-0.15, -0.1) is 0 Å². The molecule has 0 amide bonds. The van der Waals surface area contributed by atoms with Crippen LogP contribution in [-0.2, 0) is 23.5 Å². The molecule has 1 aromatic carbocycles. The normalized spacial score (nSPS) is 17.3. The maximum Gasteiger partial charge on any atom is 0.248 e. The Morgan fingerprint density at radius 1 is 1.21 bits per heavy atom. The molecule has 0 aliphatic carbocycles. The molecule has 7 heteroatoms. The van der Waals surface area contributed by atoms with E-state index in [1.807, 2.05) is 18.2 Å². The van der Waals surface area contributed by atoms with Crippen LogP contribution in [0.4, 0.5) is 0 Å². The molecule has 0 unspecified atom stereocenters. The van der Waals surface area contributed by atoms with Crippen molar-refractivity contribution < 1.29 is 8.42 Å². The summed E-state index contributed by atoms with van der Waals surface area (Å²) in [6.45, 7) is 2.75. The first-order valence-electron chi connectivity index (χ1n) is 8.12. The molecule has 130 valence electrons. The summed E-state index contributed by atoms with van der Waals surface area (Å²) in [5.74, 6) is 0.518. The summed E-state index contributed by atoms with van der Waals surface area (Å²) in [5.41, 5.74) is 1.76. The van der Waals surface area contributed by atoms with Gasteiger partial charge in [-0.25, -0.2) is 8.42 Å². The van der Waals surface area contributed by atoms with Crippen molar-refractivity contribution in [2.45, 2.75) is 31.1 Å². The van der Waals surface area contributed by atoms with Gasteiger partial charge in [-0.3, -0.25) is 4.68 Å². The lowest BCUT2D eigenvalue weighted by Crippen LogP contribution is -2.39. The third-order valence-electron chi connectivity index (χ3n) is 4.64. The number of benzene rings is 1. The van der Waals surface area contributed by atoms with E-state index in [0.717, 1.165) is 19.3 Å². The maximum absolute atomic E-state index is 12.9. The van der Waals surface area contributed by atoms with Gasteiger partial charge in [-0.1, -0.05) is 41.9 Å². The minimum Gasteiger partial charge on any atom is -0.255 e. The standard InChI is InChI=1S/C17H22ClN3O2S/c1-13-16(17(18)20(2)19-13)24(22,23)21-10-8-15(9-11-21)12-14-6-4-3-5-7-14/h3-7,15H,8-12H2,1-2H3. The van der Waals surface area contributed by atoms with Crippen molar-refractivity contribution in [3.63, 3.8) is 0 Å². The zero-order valence-corrected chi connectivity index (χ0v) is 15.5. The second kappa shape index (κ2) is 6.86. The number of nitrogens with zero attached hydrogens (tertiary/aromatic N) is 3. The molecular weight excluding hydrogens is 346 g/mol. The van der Waals surface area contributed by atoms with E-state index < -0.39 is 10.0 Å². The van der Waals surface area contributed by atoms with Crippen LogP contribution in [0.2, 0.25) is 5.15 Å². The smallest absolute Gasteiger partial charge is 0.248 e. The van der Waals surface area contributed by atoms with E-state index >= 15 is 0 Å². The molecule has 3 rings (SSSR count). The molecule has 2 heterocycles.